The van der Waals surface area contributed by atoms with Gasteiger partial charge in [0, 0.05) is 43.1 Å². The summed E-state index contributed by atoms with van der Waals surface area (Å²) in [5, 5.41) is 0. The number of nitrogens with zero attached hydrogens (tertiary/aromatic N) is 2. The summed E-state index contributed by atoms with van der Waals surface area (Å²) in [4.78, 5) is 27.7. The van der Waals surface area contributed by atoms with Crippen LogP contribution in [-0.2, 0) is 4.79 Å². The Kier molecular flexibility index (Phi) is 4.81. The van der Waals surface area contributed by atoms with Gasteiger partial charge in [0.1, 0.15) is 0 Å². The minimum absolute atomic E-state index is 0.0436. The third-order valence-corrected chi connectivity index (χ3v) is 4.14. The largest absolute Gasteiger partial charge is 0.349 e. The van der Waals surface area contributed by atoms with Gasteiger partial charge in [0.15, 0.2) is 0 Å². The molecular weight excluding hydrogens is 320 g/mol. The van der Waals surface area contributed by atoms with Crippen molar-refractivity contribution in [3.8, 4) is 0 Å². The molecule has 1 saturated heterocycles. The number of piperidine rings is 1. The highest BCUT2D eigenvalue weighted by Gasteiger charge is 2.28. The Labute approximate surface area is 127 Å². The van der Waals surface area contributed by atoms with E-state index in [2.05, 4.69) is 15.9 Å². The predicted octanol–water partition coefficient (Wildman–Crippen LogP) is 2.39. The first kappa shape index (κ1) is 15.0. The lowest BCUT2D eigenvalue weighted by Crippen LogP contribution is -2.42. The Morgan fingerprint density at radius 3 is 2.45 bits per heavy atom. The van der Waals surface area contributed by atoms with Gasteiger partial charge in [-0.1, -0.05) is 22.0 Å². The lowest BCUT2D eigenvalue weighted by atomic mass is 9.95. The SMILES string of the molecule is CN(C)C(=O)C1CCN(C(=O)c2cccc(Br)c2)CC1. The molecular formula is C15H19BrN2O2. The van der Waals surface area contributed by atoms with Gasteiger partial charge in [-0.25, -0.2) is 0 Å². The van der Waals surface area contributed by atoms with Crippen LogP contribution in [0.1, 0.15) is 23.2 Å². The molecule has 0 unspecified atom stereocenters. The van der Waals surface area contributed by atoms with E-state index in [4.69, 9.17) is 0 Å². The van der Waals surface area contributed by atoms with E-state index in [1.54, 1.807) is 19.0 Å². The number of likely N-dealkylation sites (tertiary alicyclic amines) is 1. The molecule has 0 bridgehead atoms. The summed E-state index contributed by atoms with van der Waals surface area (Å²) in [6.07, 6.45) is 1.49. The number of amides is 2. The molecule has 4 nitrogen and oxygen atoms in total. The van der Waals surface area contributed by atoms with Crippen molar-refractivity contribution in [3.05, 3.63) is 34.3 Å². The van der Waals surface area contributed by atoms with Crippen molar-refractivity contribution in [2.24, 2.45) is 5.92 Å². The summed E-state index contributed by atoms with van der Waals surface area (Å²) in [7, 11) is 3.56. The number of halogens is 1. The smallest absolute Gasteiger partial charge is 0.253 e. The maximum absolute atomic E-state index is 12.4. The van der Waals surface area contributed by atoms with E-state index < -0.39 is 0 Å². The fraction of sp³-hybridized carbons (Fsp3) is 0.467. The van der Waals surface area contributed by atoms with Crippen LogP contribution in [0.3, 0.4) is 0 Å². The molecule has 1 aromatic rings. The van der Waals surface area contributed by atoms with Gasteiger partial charge < -0.3 is 9.80 Å². The number of carbonyl (C=O) groups excluding carboxylic acids is 2. The molecule has 0 spiro atoms. The van der Waals surface area contributed by atoms with Crippen LogP contribution >= 0.6 is 15.9 Å². The second-order valence-corrected chi connectivity index (χ2v) is 6.23. The number of hydrogen-bond donors (Lipinski definition) is 0. The predicted molar refractivity (Wildman–Crippen MR) is 81.5 cm³/mol. The van der Waals surface area contributed by atoms with Crippen molar-refractivity contribution >= 4 is 27.7 Å². The Morgan fingerprint density at radius 2 is 1.90 bits per heavy atom. The molecule has 0 radical (unpaired) electrons. The van der Waals surface area contributed by atoms with Gasteiger partial charge in [0.05, 0.1) is 0 Å². The normalized spacial score (nSPS) is 16.1. The third-order valence-electron chi connectivity index (χ3n) is 3.64. The fourth-order valence-electron chi connectivity index (χ4n) is 2.50. The Morgan fingerprint density at radius 1 is 1.25 bits per heavy atom. The average molecular weight is 339 g/mol. The molecule has 0 atom stereocenters. The summed E-state index contributed by atoms with van der Waals surface area (Å²) < 4.78 is 0.904. The molecule has 20 heavy (non-hydrogen) atoms. The van der Waals surface area contributed by atoms with E-state index in [9.17, 15) is 9.59 Å². The Hall–Kier alpha value is -1.36. The van der Waals surface area contributed by atoms with Crippen LogP contribution < -0.4 is 0 Å². The topological polar surface area (TPSA) is 40.6 Å². The number of carbonyl (C=O) groups is 2. The van der Waals surface area contributed by atoms with Crippen molar-refractivity contribution in [1.29, 1.82) is 0 Å². The van der Waals surface area contributed by atoms with Crippen molar-refractivity contribution in [2.45, 2.75) is 12.8 Å². The van der Waals surface area contributed by atoms with Crippen LogP contribution in [0.25, 0.3) is 0 Å². The molecule has 108 valence electrons. The van der Waals surface area contributed by atoms with Gasteiger partial charge in [0.2, 0.25) is 5.91 Å². The minimum Gasteiger partial charge on any atom is -0.349 e. The molecule has 0 aliphatic carbocycles. The van der Waals surface area contributed by atoms with Gasteiger partial charge >= 0.3 is 0 Å². The molecule has 1 aliphatic heterocycles. The third kappa shape index (κ3) is 3.39. The highest BCUT2D eigenvalue weighted by Crippen LogP contribution is 2.21. The van der Waals surface area contributed by atoms with Crippen molar-refractivity contribution in [1.82, 2.24) is 9.80 Å². The monoisotopic (exact) mass is 338 g/mol. The summed E-state index contributed by atoms with van der Waals surface area (Å²) >= 11 is 3.38. The van der Waals surface area contributed by atoms with Crippen LogP contribution in [0.4, 0.5) is 0 Å². The summed E-state index contributed by atoms with van der Waals surface area (Å²) in [6.45, 7) is 1.30. The van der Waals surface area contributed by atoms with E-state index >= 15 is 0 Å². The zero-order chi connectivity index (χ0) is 14.7. The van der Waals surface area contributed by atoms with E-state index in [0.717, 1.165) is 17.3 Å². The van der Waals surface area contributed by atoms with Gasteiger partial charge in [0.25, 0.3) is 5.91 Å². The maximum atomic E-state index is 12.4. The summed E-state index contributed by atoms with van der Waals surface area (Å²) in [5.41, 5.74) is 0.691. The lowest BCUT2D eigenvalue weighted by molar-refractivity contribution is -0.134. The molecule has 5 heteroatoms. The van der Waals surface area contributed by atoms with Crippen molar-refractivity contribution < 1.29 is 9.59 Å². The average Bonchev–Trinajstić information content (AvgIpc) is 2.46. The Bertz CT molecular complexity index is 508. The molecule has 0 N–H and O–H groups in total. The molecule has 1 heterocycles. The van der Waals surface area contributed by atoms with E-state index in [0.29, 0.717) is 18.7 Å². The lowest BCUT2D eigenvalue weighted by Gasteiger charge is -2.32. The van der Waals surface area contributed by atoms with E-state index in [-0.39, 0.29) is 17.7 Å². The van der Waals surface area contributed by atoms with Crippen LogP contribution in [-0.4, -0.2) is 48.8 Å². The van der Waals surface area contributed by atoms with Gasteiger partial charge in [-0.05, 0) is 31.0 Å². The van der Waals surface area contributed by atoms with Crippen LogP contribution in [0, 0.1) is 5.92 Å². The first-order valence-electron chi connectivity index (χ1n) is 6.75. The quantitative estimate of drug-likeness (QED) is 0.830. The van der Waals surface area contributed by atoms with Gasteiger partial charge in [-0.3, -0.25) is 9.59 Å². The van der Waals surface area contributed by atoms with Gasteiger partial charge in [-0.15, -0.1) is 0 Å². The number of hydrogen-bond acceptors (Lipinski definition) is 2. The van der Waals surface area contributed by atoms with Crippen molar-refractivity contribution in [2.75, 3.05) is 27.2 Å². The molecule has 1 aromatic carbocycles. The second-order valence-electron chi connectivity index (χ2n) is 5.31. The molecule has 2 rings (SSSR count). The highest BCUT2D eigenvalue weighted by molar-refractivity contribution is 9.10. The standard InChI is InChI=1S/C15H19BrN2O2/c1-17(2)14(19)11-6-8-18(9-7-11)15(20)12-4-3-5-13(16)10-12/h3-5,10-11H,6-9H2,1-2H3. The first-order valence-corrected chi connectivity index (χ1v) is 7.54. The first-order chi connectivity index (χ1) is 9.49. The van der Waals surface area contributed by atoms with Crippen LogP contribution in [0.5, 0.6) is 0 Å². The van der Waals surface area contributed by atoms with Crippen molar-refractivity contribution in [3.63, 3.8) is 0 Å². The summed E-state index contributed by atoms with van der Waals surface area (Å²) in [6, 6.07) is 7.42. The minimum atomic E-state index is 0.0436. The molecule has 1 aliphatic rings. The highest BCUT2D eigenvalue weighted by atomic mass is 79.9. The Balaban J connectivity index is 1.97. The second kappa shape index (κ2) is 6.39. The molecule has 2 amide bonds. The maximum Gasteiger partial charge on any atom is 0.253 e. The van der Waals surface area contributed by atoms with Crippen LogP contribution in [0.15, 0.2) is 28.7 Å². The van der Waals surface area contributed by atoms with E-state index in [1.807, 2.05) is 29.2 Å². The number of benzene rings is 1. The van der Waals surface area contributed by atoms with Crippen LogP contribution in [0.2, 0.25) is 0 Å². The fourth-order valence-corrected chi connectivity index (χ4v) is 2.90. The number of rotatable bonds is 2. The van der Waals surface area contributed by atoms with Gasteiger partial charge in [-0.2, -0.15) is 0 Å². The zero-order valence-electron chi connectivity index (χ0n) is 11.8. The summed E-state index contributed by atoms with van der Waals surface area (Å²) in [5.74, 6) is 0.262. The molecule has 1 fully saturated rings. The molecule has 0 aromatic heterocycles. The van der Waals surface area contributed by atoms with E-state index in [1.165, 1.54) is 0 Å². The molecule has 0 saturated carbocycles. The zero-order valence-corrected chi connectivity index (χ0v) is 13.4.